The van der Waals surface area contributed by atoms with Gasteiger partial charge in [-0.3, -0.25) is 14.4 Å². The van der Waals surface area contributed by atoms with Crippen molar-refractivity contribution in [1.82, 2.24) is 9.80 Å². The number of esters is 1. The molecule has 8 heteroatoms. The van der Waals surface area contributed by atoms with Crippen LogP contribution in [0.25, 0.3) is 0 Å². The molecule has 32 heavy (non-hydrogen) atoms. The van der Waals surface area contributed by atoms with Gasteiger partial charge in [-0.15, -0.1) is 0 Å². The summed E-state index contributed by atoms with van der Waals surface area (Å²) < 4.78 is 16.6. The average molecular weight is 447 g/mol. The first kappa shape index (κ1) is 23.9. The Labute approximate surface area is 189 Å². The topological polar surface area (TPSA) is 85.4 Å². The molecule has 1 aromatic rings. The molecular weight excluding hydrogens is 412 g/mol. The Morgan fingerprint density at radius 2 is 1.66 bits per heavy atom. The lowest BCUT2D eigenvalue weighted by Gasteiger charge is -2.31. The average Bonchev–Trinajstić information content (AvgIpc) is 2.83. The first-order valence-electron chi connectivity index (χ1n) is 11.7. The summed E-state index contributed by atoms with van der Waals surface area (Å²) in [6.45, 7) is 6.82. The summed E-state index contributed by atoms with van der Waals surface area (Å²) in [5.74, 6) is 0.145. The lowest BCUT2D eigenvalue weighted by molar-refractivity contribution is -0.149. The number of hydrogen-bond acceptors (Lipinski definition) is 6. The maximum Gasteiger partial charge on any atom is 0.310 e. The second-order valence-electron chi connectivity index (χ2n) is 8.17. The van der Waals surface area contributed by atoms with E-state index in [4.69, 9.17) is 14.2 Å². The SMILES string of the molecule is CCOC(=O)C1CCCN(C(=O)c2ccc(OCC(=O)N3CCCCC3)c(OCC)c2)C1. The molecule has 1 atom stereocenters. The van der Waals surface area contributed by atoms with Crippen molar-refractivity contribution in [1.29, 1.82) is 0 Å². The first-order chi connectivity index (χ1) is 15.5. The summed E-state index contributed by atoms with van der Waals surface area (Å²) >= 11 is 0. The number of carbonyl (C=O) groups is 3. The number of benzene rings is 1. The number of nitrogens with zero attached hydrogens (tertiary/aromatic N) is 2. The minimum atomic E-state index is -0.289. The summed E-state index contributed by atoms with van der Waals surface area (Å²) in [5, 5.41) is 0. The number of piperidine rings is 2. The summed E-state index contributed by atoms with van der Waals surface area (Å²) in [5.41, 5.74) is 0.465. The molecule has 8 nitrogen and oxygen atoms in total. The molecule has 2 amide bonds. The van der Waals surface area contributed by atoms with E-state index in [9.17, 15) is 14.4 Å². The van der Waals surface area contributed by atoms with Crippen LogP contribution in [0.15, 0.2) is 18.2 Å². The summed E-state index contributed by atoms with van der Waals surface area (Å²) in [7, 11) is 0. The van der Waals surface area contributed by atoms with Crippen molar-refractivity contribution in [3.05, 3.63) is 23.8 Å². The van der Waals surface area contributed by atoms with Gasteiger partial charge in [-0.25, -0.2) is 0 Å². The molecule has 0 spiro atoms. The van der Waals surface area contributed by atoms with Gasteiger partial charge in [-0.05, 0) is 64.2 Å². The molecule has 2 saturated heterocycles. The predicted octanol–water partition coefficient (Wildman–Crippen LogP) is 2.89. The molecule has 2 aliphatic heterocycles. The highest BCUT2D eigenvalue weighted by Gasteiger charge is 2.30. The fourth-order valence-electron chi connectivity index (χ4n) is 4.20. The van der Waals surface area contributed by atoms with Crippen molar-refractivity contribution in [2.75, 3.05) is 46.0 Å². The predicted molar refractivity (Wildman–Crippen MR) is 119 cm³/mol. The van der Waals surface area contributed by atoms with Gasteiger partial charge in [-0.1, -0.05) is 0 Å². The van der Waals surface area contributed by atoms with Crippen LogP contribution >= 0.6 is 0 Å². The number of carbonyl (C=O) groups excluding carboxylic acids is 3. The van der Waals surface area contributed by atoms with Crippen molar-refractivity contribution in [2.24, 2.45) is 5.92 Å². The van der Waals surface area contributed by atoms with Crippen LogP contribution < -0.4 is 9.47 Å². The van der Waals surface area contributed by atoms with Gasteiger partial charge in [0, 0.05) is 31.7 Å². The molecule has 2 fully saturated rings. The minimum Gasteiger partial charge on any atom is -0.490 e. The lowest BCUT2D eigenvalue weighted by Crippen LogP contribution is -2.42. The molecular formula is C24H34N2O6. The zero-order valence-electron chi connectivity index (χ0n) is 19.1. The Kier molecular flexibility index (Phi) is 8.76. The van der Waals surface area contributed by atoms with Crippen LogP contribution in [0.4, 0.5) is 0 Å². The molecule has 0 bridgehead atoms. The largest absolute Gasteiger partial charge is 0.490 e. The molecule has 2 aliphatic rings. The van der Waals surface area contributed by atoms with E-state index in [-0.39, 0.29) is 30.3 Å². The molecule has 0 aliphatic carbocycles. The summed E-state index contributed by atoms with van der Waals surface area (Å²) in [6, 6.07) is 5.01. The normalized spacial score (nSPS) is 18.8. The Morgan fingerprint density at radius 1 is 0.906 bits per heavy atom. The third-order valence-corrected chi connectivity index (χ3v) is 5.88. The molecule has 1 unspecified atom stereocenters. The third kappa shape index (κ3) is 6.14. The number of likely N-dealkylation sites (tertiary alicyclic amines) is 2. The second kappa shape index (κ2) is 11.7. The van der Waals surface area contributed by atoms with E-state index in [2.05, 4.69) is 0 Å². The zero-order chi connectivity index (χ0) is 22.9. The Bertz CT molecular complexity index is 806. The maximum atomic E-state index is 13.1. The van der Waals surface area contributed by atoms with E-state index >= 15 is 0 Å². The number of hydrogen-bond donors (Lipinski definition) is 0. The van der Waals surface area contributed by atoms with Gasteiger partial charge in [0.05, 0.1) is 19.1 Å². The highest BCUT2D eigenvalue weighted by atomic mass is 16.5. The standard InChI is InChI=1S/C24H34N2O6/c1-3-30-21-15-18(23(28)26-14-8-9-19(16-26)24(29)31-4-2)10-11-20(21)32-17-22(27)25-12-6-5-7-13-25/h10-11,15,19H,3-9,12-14,16-17H2,1-2H3. The molecule has 1 aromatic carbocycles. The smallest absolute Gasteiger partial charge is 0.310 e. The lowest BCUT2D eigenvalue weighted by atomic mass is 9.97. The van der Waals surface area contributed by atoms with Crippen LogP contribution in [0.1, 0.15) is 56.3 Å². The fraction of sp³-hybridized carbons (Fsp3) is 0.625. The molecule has 0 aromatic heterocycles. The van der Waals surface area contributed by atoms with E-state index in [1.54, 1.807) is 30.0 Å². The first-order valence-corrected chi connectivity index (χ1v) is 11.7. The van der Waals surface area contributed by atoms with E-state index in [1.165, 1.54) is 0 Å². The van der Waals surface area contributed by atoms with E-state index in [0.717, 1.165) is 45.2 Å². The van der Waals surface area contributed by atoms with Gasteiger partial charge in [0.2, 0.25) is 0 Å². The Morgan fingerprint density at radius 3 is 2.38 bits per heavy atom. The zero-order valence-corrected chi connectivity index (χ0v) is 19.1. The van der Waals surface area contributed by atoms with E-state index in [0.29, 0.717) is 43.4 Å². The molecule has 0 saturated carbocycles. The number of ether oxygens (including phenoxy) is 3. The van der Waals surface area contributed by atoms with Crippen LogP contribution in [0.2, 0.25) is 0 Å². The molecule has 2 heterocycles. The van der Waals surface area contributed by atoms with Crippen LogP contribution in [0.5, 0.6) is 11.5 Å². The van der Waals surface area contributed by atoms with Crippen molar-refractivity contribution < 1.29 is 28.6 Å². The van der Waals surface area contributed by atoms with Gasteiger partial charge >= 0.3 is 5.97 Å². The van der Waals surface area contributed by atoms with Crippen molar-refractivity contribution in [2.45, 2.75) is 46.0 Å². The second-order valence-corrected chi connectivity index (χ2v) is 8.17. The van der Waals surface area contributed by atoms with Crippen molar-refractivity contribution >= 4 is 17.8 Å². The van der Waals surface area contributed by atoms with Gasteiger partial charge in [0.25, 0.3) is 11.8 Å². The quantitative estimate of drug-likeness (QED) is 0.571. The molecule has 0 radical (unpaired) electrons. The third-order valence-electron chi connectivity index (χ3n) is 5.88. The van der Waals surface area contributed by atoms with Gasteiger partial charge < -0.3 is 24.0 Å². The summed E-state index contributed by atoms with van der Waals surface area (Å²) in [6.07, 6.45) is 4.70. The Hall–Kier alpha value is -2.77. The van der Waals surface area contributed by atoms with Crippen LogP contribution in [-0.4, -0.2) is 73.6 Å². The monoisotopic (exact) mass is 446 g/mol. The van der Waals surface area contributed by atoms with Crippen molar-refractivity contribution in [3.8, 4) is 11.5 Å². The molecule has 3 rings (SSSR count). The van der Waals surface area contributed by atoms with Gasteiger partial charge in [0.15, 0.2) is 18.1 Å². The van der Waals surface area contributed by atoms with Crippen LogP contribution in [0.3, 0.4) is 0 Å². The minimum absolute atomic E-state index is 0.0365. The number of amides is 2. The van der Waals surface area contributed by atoms with E-state index < -0.39 is 0 Å². The molecule has 176 valence electrons. The number of rotatable bonds is 8. The maximum absolute atomic E-state index is 13.1. The van der Waals surface area contributed by atoms with Crippen molar-refractivity contribution in [3.63, 3.8) is 0 Å². The van der Waals surface area contributed by atoms with Crippen LogP contribution in [0, 0.1) is 5.92 Å². The summed E-state index contributed by atoms with van der Waals surface area (Å²) in [4.78, 5) is 41.1. The highest BCUT2D eigenvalue weighted by Crippen LogP contribution is 2.30. The van der Waals surface area contributed by atoms with Gasteiger partial charge in [-0.2, -0.15) is 0 Å². The van der Waals surface area contributed by atoms with Crippen LogP contribution in [-0.2, 0) is 14.3 Å². The highest BCUT2D eigenvalue weighted by molar-refractivity contribution is 5.95. The Balaban J connectivity index is 1.65. The molecule has 0 N–H and O–H groups in total. The van der Waals surface area contributed by atoms with E-state index in [1.807, 2.05) is 11.8 Å². The van der Waals surface area contributed by atoms with Gasteiger partial charge in [0.1, 0.15) is 0 Å². The fourth-order valence-corrected chi connectivity index (χ4v) is 4.20.